The highest BCUT2D eigenvalue weighted by molar-refractivity contribution is 6.62. The normalized spacial score (nSPS) is 15.0. The first kappa shape index (κ1) is 7.59. The van der Waals surface area contributed by atoms with Gasteiger partial charge in [0.15, 0.2) is 5.71 Å². The maximum atomic E-state index is 10.8. The van der Waals surface area contributed by atoms with E-state index in [0.717, 1.165) is 0 Å². The Morgan fingerprint density at radius 1 is 1.73 bits per heavy atom. The molecular weight excluding hydrogens is 148 g/mol. The van der Waals surface area contributed by atoms with Gasteiger partial charge in [0, 0.05) is 0 Å². The van der Waals surface area contributed by atoms with Crippen LogP contribution in [-0.2, 0) is 9.53 Å². The summed E-state index contributed by atoms with van der Waals surface area (Å²) < 4.78 is 4.53. The van der Waals surface area contributed by atoms with Crippen molar-refractivity contribution < 1.29 is 14.3 Å². The van der Waals surface area contributed by atoms with Crippen LogP contribution in [0.1, 0.15) is 6.92 Å². The molecule has 5 heteroatoms. The van der Waals surface area contributed by atoms with Gasteiger partial charge in [-0.1, -0.05) is 0 Å². The van der Waals surface area contributed by atoms with Crippen molar-refractivity contribution in [1.82, 2.24) is 0 Å². The topological polar surface area (TPSA) is 68.1 Å². The lowest BCUT2D eigenvalue weighted by Crippen LogP contribution is -2.16. The predicted octanol–water partition coefficient (Wildman–Crippen LogP) is 0.0719. The summed E-state index contributed by atoms with van der Waals surface area (Å²) in [6.45, 7) is 1.90. The first-order valence-corrected chi connectivity index (χ1v) is 3.00. The molecule has 1 aliphatic heterocycles. The van der Waals surface area contributed by atoms with Crippen LogP contribution in [0.15, 0.2) is 9.98 Å². The largest absolute Gasteiger partial charge is 0.461 e. The lowest BCUT2D eigenvalue weighted by molar-refractivity contribution is -0.134. The summed E-state index contributed by atoms with van der Waals surface area (Å²) in [5, 5.41) is 0. The van der Waals surface area contributed by atoms with Gasteiger partial charge < -0.3 is 4.74 Å². The van der Waals surface area contributed by atoms with E-state index in [0.29, 0.717) is 0 Å². The Kier molecular flexibility index (Phi) is 2.10. The summed E-state index contributed by atoms with van der Waals surface area (Å²) in [6.07, 6.45) is 2.14. The van der Waals surface area contributed by atoms with Gasteiger partial charge in [0.25, 0.3) is 0 Å². The third-order valence-corrected chi connectivity index (χ3v) is 0.934. The molecule has 0 N–H and O–H groups in total. The smallest absolute Gasteiger partial charge is 0.368 e. The first-order chi connectivity index (χ1) is 5.24. The van der Waals surface area contributed by atoms with Crippen molar-refractivity contribution >= 4 is 23.9 Å². The summed E-state index contributed by atoms with van der Waals surface area (Å²) >= 11 is 0. The highest BCUT2D eigenvalue weighted by Crippen LogP contribution is 1.94. The summed E-state index contributed by atoms with van der Waals surface area (Å²) in [5.41, 5.74) is -0.156. The zero-order valence-electron chi connectivity index (χ0n) is 5.83. The number of nitrogens with zero attached hydrogens (tertiary/aromatic N) is 2. The zero-order valence-corrected chi connectivity index (χ0v) is 5.83. The van der Waals surface area contributed by atoms with Crippen molar-refractivity contribution in [2.45, 2.75) is 6.92 Å². The fraction of sp³-hybridized carbons (Fsp3) is 0.333. The van der Waals surface area contributed by atoms with Crippen molar-refractivity contribution in [3.8, 4) is 0 Å². The Hall–Kier alpha value is -1.52. The molecule has 0 spiro atoms. The quantitative estimate of drug-likeness (QED) is 0.527. The van der Waals surface area contributed by atoms with Crippen molar-refractivity contribution in [3.05, 3.63) is 0 Å². The van der Waals surface area contributed by atoms with Gasteiger partial charge in [0.2, 0.25) is 0 Å². The van der Waals surface area contributed by atoms with E-state index in [1.165, 1.54) is 0 Å². The number of aliphatic imine (C=N–C) groups is 2. The van der Waals surface area contributed by atoms with Gasteiger partial charge in [-0.3, -0.25) is 0 Å². The van der Waals surface area contributed by atoms with Crippen LogP contribution >= 0.6 is 0 Å². The monoisotopic (exact) mass is 153 g/mol. The van der Waals surface area contributed by atoms with Gasteiger partial charge in [0.1, 0.15) is 6.21 Å². The molecule has 0 atom stereocenters. The molecule has 1 aliphatic rings. The highest BCUT2D eigenvalue weighted by Gasteiger charge is 2.17. The summed E-state index contributed by atoms with van der Waals surface area (Å²) in [6, 6.07) is -0.715. The van der Waals surface area contributed by atoms with E-state index in [1.807, 2.05) is 0 Å². The molecule has 0 saturated heterocycles. The number of carbonyl (C=O) groups excluding carboxylic acids is 2. The number of carbonyl (C=O) groups is 2. The van der Waals surface area contributed by atoms with Crippen LogP contribution in [-0.4, -0.2) is 30.5 Å². The minimum atomic E-state index is -0.715. The molecule has 0 saturated carbocycles. The first-order valence-electron chi connectivity index (χ1n) is 3.00. The molecule has 11 heavy (non-hydrogen) atoms. The minimum Gasteiger partial charge on any atom is -0.461 e. The van der Waals surface area contributed by atoms with E-state index < -0.39 is 12.0 Å². The van der Waals surface area contributed by atoms with E-state index in [-0.39, 0.29) is 12.3 Å². The van der Waals surface area contributed by atoms with Crippen LogP contribution in [0.5, 0.6) is 0 Å². The highest BCUT2D eigenvalue weighted by atomic mass is 16.5. The second kappa shape index (κ2) is 3.05. The Bertz CT molecular complexity index is 255. The van der Waals surface area contributed by atoms with Gasteiger partial charge in [0.05, 0.1) is 6.61 Å². The number of hydrogen-bond donors (Lipinski definition) is 0. The van der Waals surface area contributed by atoms with Crippen molar-refractivity contribution in [2.75, 3.05) is 6.61 Å². The van der Waals surface area contributed by atoms with Crippen LogP contribution in [0.25, 0.3) is 0 Å². The van der Waals surface area contributed by atoms with Crippen LogP contribution in [0.3, 0.4) is 0 Å². The molecule has 0 aliphatic carbocycles. The summed E-state index contributed by atoms with van der Waals surface area (Å²) in [5.74, 6) is -0.665. The molecule has 0 bridgehead atoms. The van der Waals surface area contributed by atoms with E-state index in [4.69, 9.17) is 0 Å². The minimum absolute atomic E-state index is 0.156. The molecular formula is C6H5N2O3. The molecule has 5 nitrogen and oxygen atoms in total. The second-order valence-electron chi connectivity index (χ2n) is 1.69. The van der Waals surface area contributed by atoms with Crippen molar-refractivity contribution in [1.29, 1.82) is 0 Å². The van der Waals surface area contributed by atoms with Crippen LogP contribution in [0.4, 0.5) is 4.79 Å². The van der Waals surface area contributed by atoms with E-state index in [2.05, 4.69) is 20.9 Å². The Balaban J connectivity index is 2.63. The zero-order chi connectivity index (χ0) is 8.27. The van der Waals surface area contributed by atoms with E-state index in [1.54, 1.807) is 6.92 Å². The third-order valence-electron chi connectivity index (χ3n) is 0.934. The third kappa shape index (κ3) is 1.70. The van der Waals surface area contributed by atoms with Crippen LogP contribution in [0, 0.1) is 0 Å². The fourth-order valence-corrected chi connectivity index (χ4v) is 0.537. The molecule has 0 unspecified atom stereocenters. The molecule has 0 aromatic heterocycles. The Labute approximate surface area is 62.8 Å². The molecule has 0 fully saturated rings. The number of esters is 1. The SMILES string of the molecule is CCOC(=O)C1=NC(=O)N=[C]1. The standard InChI is InChI=1S/C6H5N2O3/c1-2-11-5(9)4-3-7-6(10)8-4/h2H2,1H3. The summed E-state index contributed by atoms with van der Waals surface area (Å²) in [4.78, 5) is 27.5. The molecule has 1 heterocycles. The van der Waals surface area contributed by atoms with E-state index >= 15 is 0 Å². The number of amides is 2. The number of hydrogen-bond acceptors (Lipinski definition) is 3. The Morgan fingerprint density at radius 2 is 2.45 bits per heavy atom. The number of urea groups is 1. The molecule has 0 aromatic carbocycles. The molecule has 57 valence electrons. The van der Waals surface area contributed by atoms with Crippen molar-refractivity contribution in [2.24, 2.45) is 9.98 Å². The average molecular weight is 153 g/mol. The number of rotatable bonds is 2. The van der Waals surface area contributed by atoms with Gasteiger partial charge >= 0.3 is 12.0 Å². The second-order valence-corrected chi connectivity index (χ2v) is 1.69. The average Bonchev–Trinajstić information content (AvgIpc) is 2.36. The van der Waals surface area contributed by atoms with Crippen LogP contribution in [0.2, 0.25) is 0 Å². The van der Waals surface area contributed by atoms with Crippen LogP contribution < -0.4 is 0 Å². The van der Waals surface area contributed by atoms with Gasteiger partial charge in [-0.05, 0) is 6.92 Å². The number of ether oxygens (including phenoxy) is 1. The van der Waals surface area contributed by atoms with E-state index in [9.17, 15) is 9.59 Å². The molecule has 2 amide bonds. The lowest BCUT2D eigenvalue weighted by atomic mass is 10.4. The van der Waals surface area contributed by atoms with Gasteiger partial charge in [-0.15, -0.1) is 0 Å². The lowest BCUT2D eigenvalue weighted by Gasteiger charge is -1.95. The predicted molar refractivity (Wildman–Crippen MR) is 36.9 cm³/mol. The maximum absolute atomic E-state index is 10.8. The molecule has 0 aromatic rings. The van der Waals surface area contributed by atoms with Gasteiger partial charge in [-0.2, -0.15) is 9.98 Å². The maximum Gasteiger partial charge on any atom is 0.368 e. The summed E-state index contributed by atoms with van der Waals surface area (Å²) in [7, 11) is 0. The Morgan fingerprint density at radius 3 is 2.91 bits per heavy atom. The van der Waals surface area contributed by atoms with Crippen molar-refractivity contribution in [3.63, 3.8) is 0 Å². The molecule has 1 rings (SSSR count). The molecule has 1 radical (unpaired) electrons. The fourth-order valence-electron chi connectivity index (χ4n) is 0.537. The van der Waals surface area contributed by atoms with Gasteiger partial charge in [-0.25, -0.2) is 9.59 Å².